The van der Waals surface area contributed by atoms with Crippen LogP contribution in [0.25, 0.3) is 10.4 Å². The summed E-state index contributed by atoms with van der Waals surface area (Å²) in [6.45, 7) is 5.20. The summed E-state index contributed by atoms with van der Waals surface area (Å²) >= 11 is 14.3. The molecule has 2 heterocycles. The van der Waals surface area contributed by atoms with Crippen LogP contribution in [0.3, 0.4) is 0 Å². The Kier molecular flexibility index (Phi) is 8.34. The summed E-state index contributed by atoms with van der Waals surface area (Å²) in [5.74, 6) is 0.222. The number of rotatable bonds is 7. The van der Waals surface area contributed by atoms with Gasteiger partial charge in [0.2, 0.25) is 10.0 Å². The molecule has 204 valence electrons. The third-order valence-electron chi connectivity index (χ3n) is 6.51. The average Bonchev–Trinajstić information content (AvgIpc) is 3.16. The number of sulfone groups is 1. The predicted molar refractivity (Wildman–Crippen MR) is 148 cm³/mol. The maximum atomic E-state index is 13.1. The standard InChI is InChI=1S/C24H31Cl2N3O5S3/c1-24(2,3)29-37(33,34)18-8-7-16(19(25)20(18)26)21-17(13-14-5-4-6-14)28-23(35-21)22(30)27-15-9-11-36(31,32)12-10-15/h7-8,14-15,29H,4-6,9-13H2,1-3H3,(H,27,30). The van der Waals surface area contributed by atoms with Crippen molar-refractivity contribution in [3.05, 3.63) is 32.9 Å². The minimum atomic E-state index is -3.91. The van der Waals surface area contributed by atoms with Gasteiger partial charge in [-0.05, 0) is 52.0 Å². The first-order valence-corrected chi connectivity index (χ1v) is 17.1. The fourth-order valence-corrected chi connectivity index (χ4v) is 9.28. The zero-order chi connectivity index (χ0) is 27.2. The topological polar surface area (TPSA) is 122 Å². The molecule has 1 saturated carbocycles. The summed E-state index contributed by atoms with van der Waals surface area (Å²) in [6, 6.07) is 2.81. The van der Waals surface area contributed by atoms with Crippen molar-refractivity contribution in [1.82, 2.24) is 15.0 Å². The van der Waals surface area contributed by atoms with Gasteiger partial charge in [0.15, 0.2) is 5.01 Å². The van der Waals surface area contributed by atoms with E-state index in [0.717, 1.165) is 25.0 Å². The van der Waals surface area contributed by atoms with Gasteiger partial charge in [-0.15, -0.1) is 11.3 Å². The third-order valence-corrected chi connectivity index (χ3v) is 12.1. The van der Waals surface area contributed by atoms with E-state index >= 15 is 0 Å². The molecule has 0 atom stereocenters. The summed E-state index contributed by atoms with van der Waals surface area (Å²) in [5, 5.41) is 3.18. The summed E-state index contributed by atoms with van der Waals surface area (Å²) in [6.07, 6.45) is 4.75. The lowest BCUT2D eigenvalue weighted by Crippen LogP contribution is -2.40. The zero-order valence-corrected chi connectivity index (χ0v) is 24.9. The first-order valence-electron chi connectivity index (χ1n) is 12.2. The molecule has 1 aromatic heterocycles. The maximum absolute atomic E-state index is 13.1. The zero-order valence-electron chi connectivity index (χ0n) is 20.9. The smallest absolute Gasteiger partial charge is 0.280 e. The Morgan fingerprint density at radius 1 is 1.11 bits per heavy atom. The van der Waals surface area contributed by atoms with Gasteiger partial charge in [-0.1, -0.05) is 48.5 Å². The summed E-state index contributed by atoms with van der Waals surface area (Å²) < 4.78 is 51.8. The van der Waals surface area contributed by atoms with E-state index in [2.05, 4.69) is 15.0 Å². The van der Waals surface area contributed by atoms with Crippen molar-refractivity contribution < 1.29 is 21.6 Å². The van der Waals surface area contributed by atoms with Crippen molar-refractivity contribution in [3.63, 3.8) is 0 Å². The number of thiazole rings is 1. The van der Waals surface area contributed by atoms with Crippen molar-refractivity contribution in [2.24, 2.45) is 5.92 Å². The van der Waals surface area contributed by atoms with Gasteiger partial charge in [-0.25, -0.2) is 26.5 Å². The van der Waals surface area contributed by atoms with Crippen molar-refractivity contribution in [1.29, 1.82) is 0 Å². The molecule has 1 aliphatic carbocycles. The molecule has 2 aliphatic rings. The van der Waals surface area contributed by atoms with Crippen LogP contribution in [0.15, 0.2) is 17.0 Å². The molecule has 2 N–H and O–H groups in total. The molecule has 0 spiro atoms. The molecule has 2 aromatic rings. The number of hydrogen-bond acceptors (Lipinski definition) is 7. The van der Waals surface area contributed by atoms with Gasteiger partial charge in [-0.2, -0.15) is 0 Å². The van der Waals surface area contributed by atoms with Gasteiger partial charge >= 0.3 is 0 Å². The highest BCUT2D eigenvalue weighted by molar-refractivity contribution is 7.91. The van der Waals surface area contributed by atoms with Crippen LogP contribution in [0.5, 0.6) is 0 Å². The quantitative estimate of drug-likeness (QED) is 0.464. The molecule has 1 aromatic carbocycles. The monoisotopic (exact) mass is 607 g/mol. The van der Waals surface area contributed by atoms with Crippen LogP contribution >= 0.6 is 34.5 Å². The minimum absolute atomic E-state index is 0.0570. The Morgan fingerprint density at radius 2 is 1.76 bits per heavy atom. The number of carbonyl (C=O) groups excluding carboxylic acids is 1. The third kappa shape index (κ3) is 6.86. The van der Waals surface area contributed by atoms with E-state index in [9.17, 15) is 21.6 Å². The highest BCUT2D eigenvalue weighted by Gasteiger charge is 2.30. The summed E-state index contributed by atoms with van der Waals surface area (Å²) in [4.78, 5) is 18.3. The molecule has 37 heavy (non-hydrogen) atoms. The number of halogens is 2. The number of nitrogens with one attached hydrogen (secondary N) is 2. The van der Waals surface area contributed by atoms with Gasteiger partial charge in [0.05, 0.1) is 32.1 Å². The molecule has 4 rings (SSSR count). The van der Waals surface area contributed by atoms with Crippen LogP contribution in [-0.2, 0) is 26.3 Å². The second kappa shape index (κ2) is 10.7. The van der Waals surface area contributed by atoms with Crippen molar-refractivity contribution in [3.8, 4) is 10.4 Å². The first kappa shape index (κ1) is 28.8. The Bertz CT molecular complexity index is 1400. The Balaban J connectivity index is 1.65. The lowest BCUT2D eigenvalue weighted by Gasteiger charge is -2.25. The van der Waals surface area contributed by atoms with Crippen LogP contribution < -0.4 is 10.0 Å². The molecule has 0 bridgehead atoms. The van der Waals surface area contributed by atoms with Gasteiger partial charge in [0.1, 0.15) is 14.7 Å². The number of nitrogens with zero attached hydrogens (tertiary/aromatic N) is 1. The second-order valence-electron chi connectivity index (χ2n) is 10.8. The fourth-order valence-electron chi connectivity index (χ4n) is 4.42. The van der Waals surface area contributed by atoms with E-state index in [4.69, 9.17) is 23.2 Å². The molecule has 0 unspecified atom stereocenters. The SMILES string of the molecule is CC(C)(C)NS(=O)(=O)c1ccc(-c2sc(C(=O)NC3CCS(=O)(=O)CC3)nc2CC2CCC2)c(Cl)c1Cl. The summed E-state index contributed by atoms with van der Waals surface area (Å²) in [5.41, 5.74) is 0.551. The first-order chi connectivity index (χ1) is 17.2. The summed E-state index contributed by atoms with van der Waals surface area (Å²) in [7, 11) is -6.95. The fraction of sp³-hybridized carbons (Fsp3) is 0.583. The Hall–Kier alpha value is -1.24. The van der Waals surface area contributed by atoms with Crippen LogP contribution in [0.2, 0.25) is 10.0 Å². The number of carbonyl (C=O) groups is 1. The highest BCUT2D eigenvalue weighted by Crippen LogP contribution is 2.43. The number of hydrogen-bond donors (Lipinski definition) is 2. The highest BCUT2D eigenvalue weighted by atomic mass is 35.5. The lowest BCUT2D eigenvalue weighted by atomic mass is 9.82. The number of sulfonamides is 1. The van der Waals surface area contributed by atoms with Gasteiger partial charge < -0.3 is 5.32 Å². The Labute approximate surface area is 232 Å². The molecular weight excluding hydrogens is 577 g/mol. The Morgan fingerprint density at radius 3 is 2.32 bits per heavy atom. The molecule has 0 radical (unpaired) electrons. The van der Waals surface area contributed by atoms with E-state index in [-0.39, 0.29) is 43.4 Å². The van der Waals surface area contributed by atoms with Gasteiger partial charge in [0.25, 0.3) is 5.91 Å². The predicted octanol–water partition coefficient (Wildman–Crippen LogP) is 4.84. The molecular formula is C24H31Cl2N3O5S3. The van der Waals surface area contributed by atoms with E-state index in [0.29, 0.717) is 35.6 Å². The van der Waals surface area contributed by atoms with E-state index in [1.165, 1.54) is 17.4 Å². The maximum Gasteiger partial charge on any atom is 0.280 e. The van der Waals surface area contributed by atoms with Crippen LogP contribution in [-0.4, -0.2) is 50.8 Å². The average molecular weight is 609 g/mol. The molecule has 13 heteroatoms. The van der Waals surface area contributed by atoms with Crippen molar-refractivity contribution in [2.45, 2.75) is 75.8 Å². The van der Waals surface area contributed by atoms with Crippen LogP contribution in [0.1, 0.15) is 68.4 Å². The molecule has 1 aliphatic heterocycles. The molecule has 1 amide bonds. The largest absolute Gasteiger partial charge is 0.347 e. The molecule has 1 saturated heterocycles. The molecule has 2 fully saturated rings. The number of amides is 1. The van der Waals surface area contributed by atoms with E-state index in [1.807, 2.05) is 0 Å². The van der Waals surface area contributed by atoms with E-state index < -0.39 is 25.4 Å². The second-order valence-corrected chi connectivity index (χ2v) is 16.5. The molecule has 8 nitrogen and oxygen atoms in total. The normalized spacial score (nSPS) is 18.9. The van der Waals surface area contributed by atoms with Gasteiger partial charge in [-0.3, -0.25) is 4.79 Å². The van der Waals surface area contributed by atoms with Crippen LogP contribution in [0.4, 0.5) is 0 Å². The van der Waals surface area contributed by atoms with E-state index in [1.54, 1.807) is 26.8 Å². The number of aromatic nitrogens is 1. The number of benzene rings is 1. The van der Waals surface area contributed by atoms with Crippen molar-refractivity contribution in [2.75, 3.05) is 11.5 Å². The van der Waals surface area contributed by atoms with Gasteiger partial charge in [0, 0.05) is 17.1 Å². The lowest BCUT2D eigenvalue weighted by molar-refractivity contribution is 0.0933. The minimum Gasteiger partial charge on any atom is -0.347 e. The van der Waals surface area contributed by atoms with Crippen LogP contribution in [0, 0.1) is 5.92 Å². The van der Waals surface area contributed by atoms with Crippen molar-refractivity contribution >= 4 is 60.3 Å².